The summed E-state index contributed by atoms with van der Waals surface area (Å²) in [6.45, 7) is 0. The first kappa shape index (κ1) is 14.7. The third kappa shape index (κ3) is 2.13. The Hall–Kier alpha value is -2.63. The van der Waals surface area contributed by atoms with Gasteiger partial charge in [-0.05, 0) is 23.6 Å². The molecule has 0 aliphatic heterocycles. The zero-order valence-corrected chi connectivity index (χ0v) is 15.0. The zero-order valence-electron chi connectivity index (χ0n) is 13.3. The van der Waals surface area contributed by atoms with Crippen molar-refractivity contribution >= 4 is 59.0 Å². The fourth-order valence-electron chi connectivity index (χ4n) is 3.24. The largest absolute Gasteiger partial charge is 0.464 e. The molecule has 0 saturated heterocycles. The summed E-state index contributed by atoms with van der Waals surface area (Å²) in [5.74, 6) is -0.333. The Kier molecular flexibility index (Phi) is 3.20. The van der Waals surface area contributed by atoms with Gasteiger partial charge in [-0.2, -0.15) is 0 Å². The number of ether oxygens (including phenoxy) is 1. The van der Waals surface area contributed by atoms with E-state index in [1.165, 1.54) is 21.9 Å². The summed E-state index contributed by atoms with van der Waals surface area (Å²) < 4.78 is 8.55. The van der Waals surface area contributed by atoms with Crippen molar-refractivity contribution in [2.24, 2.45) is 0 Å². The maximum Gasteiger partial charge on any atom is 0.355 e. The van der Waals surface area contributed by atoms with Gasteiger partial charge in [0.1, 0.15) is 5.69 Å². The van der Waals surface area contributed by atoms with Crippen LogP contribution in [0.5, 0.6) is 0 Å². The van der Waals surface area contributed by atoms with E-state index in [2.05, 4.69) is 35.3 Å². The number of hydrogen-bond donors (Lipinski definition) is 1. The first-order valence-electron chi connectivity index (χ1n) is 7.87. The number of rotatable bonds is 2. The molecule has 0 radical (unpaired) electrons. The van der Waals surface area contributed by atoms with Crippen LogP contribution in [0.4, 0.5) is 0 Å². The Labute approximate surface area is 151 Å². The Balaban J connectivity index is 1.89. The van der Waals surface area contributed by atoms with Gasteiger partial charge in [-0.1, -0.05) is 36.4 Å². The Bertz CT molecular complexity index is 1230. The molecule has 0 bridgehead atoms. The highest BCUT2D eigenvalue weighted by Gasteiger charge is 2.24. The molecule has 0 aliphatic carbocycles. The molecule has 5 heteroatoms. The fraction of sp³-hybridized carbons (Fsp3) is 0.0500. The van der Waals surface area contributed by atoms with Gasteiger partial charge in [0, 0.05) is 25.2 Å². The van der Waals surface area contributed by atoms with Crippen molar-refractivity contribution in [1.82, 2.24) is 4.98 Å². The van der Waals surface area contributed by atoms with Crippen LogP contribution in [0.1, 0.15) is 10.5 Å². The molecule has 5 rings (SSSR count). The monoisotopic (exact) mass is 363 g/mol. The van der Waals surface area contributed by atoms with E-state index in [1.807, 2.05) is 24.3 Å². The summed E-state index contributed by atoms with van der Waals surface area (Å²) in [5, 5.41) is 2.33. The molecule has 0 spiro atoms. The molecular formula is C20H13NO2S2. The molecule has 122 valence electrons. The lowest BCUT2D eigenvalue weighted by Gasteiger charge is -2.00. The number of hydrogen-bond acceptors (Lipinski definition) is 4. The molecule has 1 N–H and O–H groups in total. The van der Waals surface area contributed by atoms with E-state index in [1.54, 1.807) is 22.7 Å². The summed E-state index contributed by atoms with van der Waals surface area (Å²) in [7, 11) is 1.42. The van der Waals surface area contributed by atoms with Crippen LogP contribution in [0.3, 0.4) is 0 Å². The number of thiophene rings is 2. The molecule has 0 unspecified atom stereocenters. The predicted octanol–water partition coefficient (Wildman–Crippen LogP) is 6.05. The molecule has 2 aromatic carbocycles. The van der Waals surface area contributed by atoms with Gasteiger partial charge < -0.3 is 9.72 Å². The third-order valence-electron chi connectivity index (χ3n) is 4.38. The second-order valence-corrected chi connectivity index (χ2v) is 7.95. The van der Waals surface area contributed by atoms with E-state index < -0.39 is 0 Å². The Morgan fingerprint density at radius 2 is 1.76 bits per heavy atom. The van der Waals surface area contributed by atoms with Crippen LogP contribution in [0.15, 0.2) is 54.6 Å². The first-order chi connectivity index (χ1) is 12.3. The summed E-state index contributed by atoms with van der Waals surface area (Å²) in [6, 6.07) is 18.7. The van der Waals surface area contributed by atoms with Crippen LogP contribution in [0.2, 0.25) is 0 Å². The summed E-state index contributed by atoms with van der Waals surface area (Å²) in [6.07, 6.45) is 0. The van der Waals surface area contributed by atoms with Gasteiger partial charge in [0.15, 0.2) is 0 Å². The van der Waals surface area contributed by atoms with E-state index in [4.69, 9.17) is 4.74 Å². The number of aromatic nitrogens is 1. The first-order valence-corrected chi connectivity index (χ1v) is 9.50. The fourth-order valence-corrected chi connectivity index (χ4v) is 5.65. The predicted molar refractivity (Wildman–Crippen MR) is 106 cm³/mol. The van der Waals surface area contributed by atoms with Crippen LogP contribution in [-0.2, 0) is 4.74 Å². The van der Waals surface area contributed by atoms with E-state index >= 15 is 0 Å². The van der Waals surface area contributed by atoms with Crippen molar-refractivity contribution in [2.45, 2.75) is 0 Å². The van der Waals surface area contributed by atoms with Crippen molar-refractivity contribution in [3.63, 3.8) is 0 Å². The number of carbonyl (C=O) groups excluding carboxylic acids is 1. The minimum absolute atomic E-state index is 0.333. The van der Waals surface area contributed by atoms with Gasteiger partial charge in [0.2, 0.25) is 0 Å². The van der Waals surface area contributed by atoms with Crippen molar-refractivity contribution < 1.29 is 9.53 Å². The van der Waals surface area contributed by atoms with E-state index in [9.17, 15) is 4.79 Å². The quantitative estimate of drug-likeness (QED) is 0.388. The Morgan fingerprint density at radius 1 is 1.00 bits per heavy atom. The number of esters is 1. The van der Waals surface area contributed by atoms with E-state index in [-0.39, 0.29) is 5.97 Å². The molecule has 3 aromatic heterocycles. The molecule has 3 heterocycles. The van der Waals surface area contributed by atoms with Crippen LogP contribution < -0.4 is 0 Å². The summed E-state index contributed by atoms with van der Waals surface area (Å²) in [5.41, 5.74) is 2.48. The SMILES string of the molecule is COC(=O)c1[nH]c2c(sc3ccccc32)c1-c1cc2ccccc2s1. The molecule has 0 saturated carbocycles. The highest BCUT2D eigenvalue weighted by molar-refractivity contribution is 7.27. The lowest BCUT2D eigenvalue weighted by atomic mass is 10.1. The van der Waals surface area contributed by atoms with Gasteiger partial charge in [0.25, 0.3) is 0 Å². The number of methoxy groups -OCH3 is 1. The highest BCUT2D eigenvalue weighted by atomic mass is 32.1. The average Bonchev–Trinajstić information content (AvgIpc) is 3.31. The number of nitrogens with one attached hydrogen (secondary N) is 1. The van der Waals surface area contributed by atoms with Crippen molar-refractivity contribution in [3.8, 4) is 10.4 Å². The maximum absolute atomic E-state index is 12.4. The summed E-state index contributed by atoms with van der Waals surface area (Å²) in [4.78, 5) is 16.8. The Morgan fingerprint density at radius 3 is 2.56 bits per heavy atom. The number of aromatic amines is 1. The minimum Gasteiger partial charge on any atom is -0.464 e. The number of carbonyl (C=O) groups is 1. The minimum atomic E-state index is -0.333. The molecule has 0 amide bonds. The molecular weight excluding hydrogens is 350 g/mol. The van der Waals surface area contributed by atoms with Crippen LogP contribution >= 0.6 is 22.7 Å². The standard InChI is InChI=1S/C20H13NO2S2/c1-23-20(22)18-16(15-10-11-6-2-4-8-13(11)24-15)19-17(21-18)12-7-3-5-9-14(12)25-19/h2-10,21H,1H3. The molecule has 25 heavy (non-hydrogen) atoms. The summed E-state index contributed by atoms with van der Waals surface area (Å²) >= 11 is 3.41. The van der Waals surface area contributed by atoms with Crippen LogP contribution in [0.25, 0.3) is 40.8 Å². The second kappa shape index (κ2) is 5.44. The number of fused-ring (bicyclic) bond motifs is 4. The van der Waals surface area contributed by atoms with E-state index in [0.29, 0.717) is 5.69 Å². The van der Waals surface area contributed by atoms with Gasteiger partial charge in [-0.25, -0.2) is 4.79 Å². The van der Waals surface area contributed by atoms with Crippen molar-refractivity contribution in [1.29, 1.82) is 0 Å². The van der Waals surface area contributed by atoms with E-state index in [0.717, 1.165) is 26.0 Å². The molecule has 0 aliphatic rings. The molecule has 3 nitrogen and oxygen atoms in total. The van der Waals surface area contributed by atoms with Gasteiger partial charge >= 0.3 is 5.97 Å². The lowest BCUT2D eigenvalue weighted by Crippen LogP contribution is -2.02. The molecule has 5 aromatic rings. The molecule has 0 fully saturated rings. The average molecular weight is 363 g/mol. The zero-order chi connectivity index (χ0) is 17.0. The van der Waals surface area contributed by atoms with Gasteiger partial charge in [-0.15, -0.1) is 22.7 Å². The molecule has 0 atom stereocenters. The lowest BCUT2D eigenvalue weighted by molar-refractivity contribution is 0.0596. The smallest absolute Gasteiger partial charge is 0.355 e. The number of H-pyrrole nitrogens is 1. The maximum atomic E-state index is 12.4. The third-order valence-corrected chi connectivity index (χ3v) is 6.71. The number of benzene rings is 2. The second-order valence-electron chi connectivity index (χ2n) is 5.82. The van der Waals surface area contributed by atoms with Crippen LogP contribution in [-0.4, -0.2) is 18.1 Å². The highest BCUT2D eigenvalue weighted by Crippen LogP contribution is 2.45. The van der Waals surface area contributed by atoms with Crippen molar-refractivity contribution in [2.75, 3.05) is 7.11 Å². The topological polar surface area (TPSA) is 42.1 Å². The van der Waals surface area contributed by atoms with Gasteiger partial charge in [-0.3, -0.25) is 0 Å². The normalized spacial score (nSPS) is 11.6. The van der Waals surface area contributed by atoms with Crippen molar-refractivity contribution in [3.05, 3.63) is 60.3 Å². The van der Waals surface area contributed by atoms with Crippen LogP contribution in [0, 0.1) is 0 Å². The van der Waals surface area contributed by atoms with Gasteiger partial charge in [0.05, 0.1) is 17.3 Å².